The summed E-state index contributed by atoms with van der Waals surface area (Å²) in [5.74, 6) is -2.37. The van der Waals surface area contributed by atoms with E-state index in [1.54, 1.807) is 0 Å². The van der Waals surface area contributed by atoms with Crippen LogP contribution in [0.25, 0.3) is 0 Å². The van der Waals surface area contributed by atoms with Crippen molar-refractivity contribution in [2.45, 2.75) is 0 Å². The highest BCUT2D eigenvalue weighted by molar-refractivity contribution is 6.31. The third-order valence-electron chi connectivity index (χ3n) is 1.23. The van der Waals surface area contributed by atoms with Crippen LogP contribution in [0.2, 0.25) is 5.02 Å². The standard InChI is InChI=1S/C6H5ClF2N2/c7-2-1-3(10)6(11)5(9)4(2)8/h1H,10-11H2. The molecule has 0 aliphatic carbocycles. The molecule has 0 radical (unpaired) electrons. The summed E-state index contributed by atoms with van der Waals surface area (Å²) >= 11 is 5.24. The molecule has 0 unspecified atom stereocenters. The highest BCUT2D eigenvalue weighted by atomic mass is 35.5. The van der Waals surface area contributed by atoms with Crippen LogP contribution in [0.4, 0.5) is 20.2 Å². The van der Waals surface area contributed by atoms with Crippen LogP contribution < -0.4 is 11.5 Å². The van der Waals surface area contributed by atoms with Crippen molar-refractivity contribution in [3.8, 4) is 0 Å². The molecule has 0 fully saturated rings. The van der Waals surface area contributed by atoms with Gasteiger partial charge in [-0.25, -0.2) is 8.78 Å². The summed E-state index contributed by atoms with van der Waals surface area (Å²) in [7, 11) is 0. The van der Waals surface area contributed by atoms with Gasteiger partial charge in [-0.1, -0.05) is 11.6 Å². The molecule has 1 rings (SSSR count). The highest BCUT2D eigenvalue weighted by Crippen LogP contribution is 2.27. The largest absolute Gasteiger partial charge is 0.397 e. The van der Waals surface area contributed by atoms with Gasteiger partial charge in [-0.05, 0) is 6.07 Å². The minimum absolute atomic E-state index is 0.0612. The van der Waals surface area contributed by atoms with Gasteiger partial charge >= 0.3 is 0 Å². The molecule has 1 aromatic carbocycles. The normalized spacial score (nSPS) is 10.1. The minimum Gasteiger partial charge on any atom is -0.397 e. The van der Waals surface area contributed by atoms with Crippen molar-refractivity contribution in [1.29, 1.82) is 0 Å². The molecule has 0 amide bonds. The van der Waals surface area contributed by atoms with E-state index in [-0.39, 0.29) is 10.7 Å². The topological polar surface area (TPSA) is 52.0 Å². The molecular weight excluding hydrogens is 174 g/mol. The predicted octanol–water partition coefficient (Wildman–Crippen LogP) is 1.78. The number of nitrogen functional groups attached to an aromatic ring is 2. The Hall–Kier alpha value is -1.03. The van der Waals surface area contributed by atoms with E-state index in [1.165, 1.54) is 0 Å². The Labute approximate surface area is 66.7 Å². The molecule has 0 bridgehead atoms. The maximum absolute atomic E-state index is 12.6. The number of hydrogen-bond acceptors (Lipinski definition) is 2. The van der Waals surface area contributed by atoms with Crippen molar-refractivity contribution in [1.82, 2.24) is 0 Å². The molecule has 4 N–H and O–H groups in total. The maximum Gasteiger partial charge on any atom is 0.185 e. The second kappa shape index (κ2) is 2.54. The van der Waals surface area contributed by atoms with Crippen LogP contribution >= 0.6 is 11.6 Å². The van der Waals surface area contributed by atoms with Crippen molar-refractivity contribution in [3.05, 3.63) is 22.7 Å². The smallest absolute Gasteiger partial charge is 0.185 e. The van der Waals surface area contributed by atoms with E-state index < -0.39 is 17.3 Å². The molecule has 60 valence electrons. The predicted molar refractivity (Wildman–Crippen MR) is 40.2 cm³/mol. The maximum atomic E-state index is 12.6. The molecule has 0 atom stereocenters. The van der Waals surface area contributed by atoms with Crippen LogP contribution in [0.1, 0.15) is 0 Å². The molecule has 0 heterocycles. The van der Waals surface area contributed by atoms with Gasteiger partial charge in [-0.2, -0.15) is 0 Å². The van der Waals surface area contributed by atoms with Gasteiger partial charge in [0.25, 0.3) is 0 Å². The van der Waals surface area contributed by atoms with Crippen molar-refractivity contribution < 1.29 is 8.78 Å². The lowest BCUT2D eigenvalue weighted by Gasteiger charge is -2.02. The molecular formula is C6H5ClF2N2. The van der Waals surface area contributed by atoms with Crippen LogP contribution in [0.5, 0.6) is 0 Å². The Morgan fingerprint density at radius 3 is 2.27 bits per heavy atom. The first kappa shape index (κ1) is 8.07. The van der Waals surface area contributed by atoms with Gasteiger partial charge in [0.15, 0.2) is 11.6 Å². The van der Waals surface area contributed by atoms with Gasteiger partial charge in [0, 0.05) is 0 Å². The average molecular weight is 179 g/mol. The molecule has 0 saturated carbocycles. The van der Waals surface area contributed by atoms with E-state index in [0.717, 1.165) is 6.07 Å². The Kier molecular flexibility index (Phi) is 1.87. The van der Waals surface area contributed by atoms with Gasteiger partial charge in [0.2, 0.25) is 0 Å². The first-order chi connectivity index (χ1) is 5.04. The van der Waals surface area contributed by atoms with Gasteiger partial charge in [-0.15, -0.1) is 0 Å². The highest BCUT2D eigenvalue weighted by Gasteiger charge is 2.12. The second-order valence-corrected chi connectivity index (χ2v) is 2.40. The third kappa shape index (κ3) is 1.21. The van der Waals surface area contributed by atoms with Crippen LogP contribution in [0, 0.1) is 11.6 Å². The van der Waals surface area contributed by atoms with E-state index >= 15 is 0 Å². The van der Waals surface area contributed by atoms with Gasteiger partial charge in [-0.3, -0.25) is 0 Å². The lowest BCUT2D eigenvalue weighted by molar-refractivity contribution is 0.513. The number of benzene rings is 1. The molecule has 11 heavy (non-hydrogen) atoms. The molecule has 2 nitrogen and oxygen atoms in total. The lowest BCUT2D eigenvalue weighted by Crippen LogP contribution is -2.00. The molecule has 5 heteroatoms. The summed E-state index contributed by atoms with van der Waals surface area (Å²) in [5, 5.41) is -0.366. The molecule has 0 aliphatic heterocycles. The Morgan fingerprint density at radius 1 is 1.18 bits per heavy atom. The van der Waals surface area contributed by atoms with Crippen molar-refractivity contribution >= 4 is 23.0 Å². The summed E-state index contributed by atoms with van der Waals surface area (Å²) in [6.45, 7) is 0. The SMILES string of the molecule is Nc1cc(Cl)c(F)c(F)c1N. The van der Waals surface area contributed by atoms with Crippen LogP contribution in [0.15, 0.2) is 6.07 Å². The fourth-order valence-electron chi connectivity index (χ4n) is 0.627. The number of anilines is 2. The Balaban J connectivity index is 3.46. The van der Waals surface area contributed by atoms with Crippen LogP contribution in [0.3, 0.4) is 0 Å². The third-order valence-corrected chi connectivity index (χ3v) is 1.51. The van der Waals surface area contributed by atoms with E-state index in [4.69, 9.17) is 23.1 Å². The summed E-state index contributed by atoms with van der Waals surface area (Å²) in [6.07, 6.45) is 0. The van der Waals surface area contributed by atoms with Gasteiger partial charge < -0.3 is 11.5 Å². The number of hydrogen-bond donors (Lipinski definition) is 2. The number of rotatable bonds is 0. The van der Waals surface area contributed by atoms with Gasteiger partial charge in [0.1, 0.15) is 0 Å². The van der Waals surface area contributed by atoms with Crippen molar-refractivity contribution in [2.24, 2.45) is 0 Å². The van der Waals surface area contributed by atoms with E-state index in [9.17, 15) is 8.78 Å². The molecule has 0 spiro atoms. The second-order valence-electron chi connectivity index (χ2n) is 1.99. The summed E-state index contributed by atoms with van der Waals surface area (Å²) < 4.78 is 25.1. The summed E-state index contributed by atoms with van der Waals surface area (Å²) in [6, 6.07) is 1.06. The molecule has 1 aromatic rings. The first-order valence-corrected chi connectivity index (χ1v) is 3.10. The zero-order chi connectivity index (χ0) is 8.59. The molecule has 0 aliphatic rings. The Morgan fingerprint density at radius 2 is 1.73 bits per heavy atom. The summed E-state index contributed by atoms with van der Waals surface area (Å²) in [4.78, 5) is 0. The number of halogens is 3. The lowest BCUT2D eigenvalue weighted by atomic mass is 10.2. The van der Waals surface area contributed by atoms with Crippen LogP contribution in [-0.4, -0.2) is 0 Å². The monoisotopic (exact) mass is 178 g/mol. The zero-order valence-corrected chi connectivity index (χ0v) is 6.12. The van der Waals surface area contributed by atoms with E-state index in [2.05, 4.69) is 0 Å². The number of nitrogens with two attached hydrogens (primary N) is 2. The van der Waals surface area contributed by atoms with Crippen molar-refractivity contribution in [2.75, 3.05) is 11.5 Å². The molecule has 0 saturated heterocycles. The minimum atomic E-state index is -1.20. The quantitative estimate of drug-likeness (QED) is 0.470. The van der Waals surface area contributed by atoms with Crippen LogP contribution in [-0.2, 0) is 0 Å². The zero-order valence-electron chi connectivity index (χ0n) is 5.37. The van der Waals surface area contributed by atoms with E-state index in [1.807, 2.05) is 0 Å². The van der Waals surface area contributed by atoms with E-state index in [0.29, 0.717) is 0 Å². The van der Waals surface area contributed by atoms with Crippen molar-refractivity contribution in [3.63, 3.8) is 0 Å². The fraction of sp³-hybridized carbons (Fsp3) is 0. The van der Waals surface area contributed by atoms with Gasteiger partial charge in [0.05, 0.1) is 16.4 Å². The molecule has 0 aromatic heterocycles. The first-order valence-electron chi connectivity index (χ1n) is 2.72. The average Bonchev–Trinajstić information content (AvgIpc) is 1.97. The summed E-state index contributed by atoms with van der Waals surface area (Å²) in [5.41, 5.74) is 9.76. The fourth-order valence-corrected chi connectivity index (χ4v) is 0.828. The Bertz CT molecular complexity index is 275.